The molecule has 1 aliphatic carbocycles. The van der Waals surface area contributed by atoms with Crippen molar-refractivity contribution < 1.29 is 13.2 Å². The van der Waals surface area contributed by atoms with Crippen LogP contribution in [0, 0.1) is 0 Å². The van der Waals surface area contributed by atoms with E-state index in [0.29, 0.717) is 0 Å². The van der Waals surface area contributed by atoms with Crippen LogP contribution >= 0.6 is 11.3 Å². The van der Waals surface area contributed by atoms with Crippen LogP contribution in [0.15, 0.2) is 24.7 Å². The molecule has 23 heavy (non-hydrogen) atoms. The molecule has 0 atom stereocenters. The van der Waals surface area contributed by atoms with E-state index in [4.69, 9.17) is 0 Å². The minimum absolute atomic E-state index is 0.765. The van der Waals surface area contributed by atoms with E-state index in [-0.39, 0.29) is 0 Å². The minimum atomic E-state index is -3.67. The van der Waals surface area contributed by atoms with Crippen LogP contribution < -0.4 is 0 Å². The van der Waals surface area contributed by atoms with Crippen molar-refractivity contribution in [3.05, 3.63) is 29.5 Å². The van der Waals surface area contributed by atoms with Gasteiger partial charge in [-0.3, -0.25) is 4.68 Å². The molecule has 0 aromatic carbocycles. The molecule has 1 saturated carbocycles. The monoisotopic (exact) mass is 340 g/mol. The molecule has 8 heteroatoms. The fourth-order valence-corrected chi connectivity index (χ4v) is 3.59. The first kappa shape index (κ1) is 15.9. The molecule has 0 aliphatic heterocycles. The molecular weight excluding hydrogens is 325 g/mol. The van der Waals surface area contributed by atoms with Crippen molar-refractivity contribution in [2.45, 2.75) is 31.9 Å². The lowest BCUT2D eigenvalue weighted by Crippen LogP contribution is -2.06. The van der Waals surface area contributed by atoms with E-state index >= 15 is 0 Å². The second-order valence-electron chi connectivity index (χ2n) is 5.38. The Labute approximate surface area is 135 Å². The van der Waals surface area contributed by atoms with Gasteiger partial charge >= 0.3 is 6.68 Å². The summed E-state index contributed by atoms with van der Waals surface area (Å²) in [4.78, 5) is 11.7. The Balaban J connectivity index is 0.000000354. The van der Waals surface area contributed by atoms with Crippen LogP contribution in [0.3, 0.4) is 0 Å². The van der Waals surface area contributed by atoms with Crippen molar-refractivity contribution in [1.29, 1.82) is 0 Å². The lowest BCUT2D eigenvalue weighted by Gasteiger charge is -2.23. The third-order valence-electron chi connectivity index (χ3n) is 3.76. The first-order valence-electron chi connectivity index (χ1n) is 7.20. The van der Waals surface area contributed by atoms with Gasteiger partial charge in [-0.15, -0.1) is 11.3 Å². The van der Waals surface area contributed by atoms with Crippen LogP contribution in [0.1, 0.15) is 30.1 Å². The summed E-state index contributed by atoms with van der Waals surface area (Å²) in [5.74, 6) is 1.53. The molecule has 122 valence electrons. The topological polar surface area (TPSA) is 43.6 Å². The molecule has 0 amide bonds. The largest absolute Gasteiger partial charge is 0.379 e. The van der Waals surface area contributed by atoms with Gasteiger partial charge in [-0.25, -0.2) is 9.97 Å². The molecule has 0 saturated heterocycles. The SMILES string of the molecule is Cn1cc(-c2ncc3cc(C4CCC4)sc3n2)cn1.FC(F)F. The first-order chi connectivity index (χ1) is 11.0. The van der Waals surface area contributed by atoms with E-state index in [1.807, 2.05) is 37.0 Å². The number of aryl methyl sites for hydroxylation is 1. The molecule has 3 heterocycles. The van der Waals surface area contributed by atoms with Gasteiger partial charge in [-0.2, -0.15) is 18.3 Å². The van der Waals surface area contributed by atoms with Gasteiger partial charge in [0, 0.05) is 29.7 Å². The summed E-state index contributed by atoms with van der Waals surface area (Å²) in [7, 11) is 1.90. The fourth-order valence-electron chi connectivity index (χ4n) is 2.42. The molecule has 4 rings (SSSR count). The molecular formula is C15H15F3N4S. The Kier molecular flexibility index (Phi) is 4.61. The van der Waals surface area contributed by atoms with Gasteiger partial charge in [0.2, 0.25) is 0 Å². The Morgan fingerprint density at radius 3 is 2.57 bits per heavy atom. The van der Waals surface area contributed by atoms with Crippen LogP contribution in [0.5, 0.6) is 0 Å². The number of halogens is 3. The Hall–Kier alpha value is -1.96. The predicted molar refractivity (Wildman–Crippen MR) is 83.3 cm³/mol. The molecule has 0 N–H and O–H groups in total. The number of aromatic nitrogens is 4. The summed E-state index contributed by atoms with van der Waals surface area (Å²) >= 11 is 1.82. The zero-order valence-corrected chi connectivity index (χ0v) is 13.2. The number of thiophene rings is 1. The van der Waals surface area contributed by atoms with E-state index in [2.05, 4.69) is 21.1 Å². The van der Waals surface area contributed by atoms with Crippen molar-refractivity contribution in [3.63, 3.8) is 0 Å². The van der Waals surface area contributed by atoms with Crippen LogP contribution in [0.4, 0.5) is 13.2 Å². The average Bonchev–Trinajstić information content (AvgIpc) is 3.01. The molecule has 0 unspecified atom stereocenters. The van der Waals surface area contributed by atoms with Gasteiger partial charge in [0.15, 0.2) is 5.82 Å². The highest BCUT2D eigenvalue weighted by Crippen LogP contribution is 2.41. The fraction of sp³-hybridized carbons (Fsp3) is 0.400. The number of hydrogen-bond acceptors (Lipinski definition) is 4. The van der Waals surface area contributed by atoms with Crippen LogP contribution in [-0.2, 0) is 7.05 Å². The quantitative estimate of drug-likeness (QED) is 0.688. The van der Waals surface area contributed by atoms with E-state index < -0.39 is 6.68 Å². The van der Waals surface area contributed by atoms with Crippen molar-refractivity contribution in [1.82, 2.24) is 19.7 Å². The highest BCUT2D eigenvalue weighted by Gasteiger charge is 2.22. The summed E-state index contributed by atoms with van der Waals surface area (Å²) in [5, 5.41) is 5.34. The maximum absolute atomic E-state index is 9.67. The van der Waals surface area contributed by atoms with E-state index in [9.17, 15) is 13.2 Å². The van der Waals surface area contributed by atoms with E-state index in [1.165, 1.54) is 29.5 Å². The predicted octanol–water partition coefficient (Wildman–Crippen LogP) is 4.54. The summed E-state index contributed by atoms with van der Waals surface area (Å²) in [5.41, 5.74) is 0.975. The van der Waals surface area contributed by atoms with E-state index in [0.717, 1.165) is 22.1 Å². The van der Waals surface area contributed by atoms with Gasteiger partial charge in [-0.05, 0) is 24.8 Å². The molecule has 1 aliphatic rings. The van der Waals surface area contributed by atoms with Crippen LogP contribution in [0.2, 0.25) is 0 Å². The number of alkyl halides is 3. The normalized spacial score (nSPS) is 14.7. The van der Waals surface area contributed by atoms with Gasteiger partial charge in [0.1, 0.15) is 4.83 Å². The maximum atomic E-state index is 9.67. The molecule has 0 radical (unpaired) electrons. The molecule has 4 nitrogen and oxygen atoms in total. The lowest BCUT2D eigenvalue weighted by molar-refractivity contribution is 0.00819. The third-order valence-corrected chi connectivity index (χ3v) is 4.97. The minimum Gasteiger partial charge on any atom is -0.275 e. The van der Waals surface area contributed by atoms with Crippen molar-refractivity contribution in [2.75, 3.05) is 0 Å². The van der Waals surface area contributed by atoms with Gasteiger partial charge < -0.3 is 0 Å². The summed E-state index contributed by atoms with van der Waals surface area (Å²) in [6, 6.07) is 2.26. The first-order valence-corrected chi connectivity index (χ1v) is 8.02. The second-order valence-corrected chi connectivity index (χ2v) is 6.44. The highest BCUT2D eigenvalue weighted by atomic mass is 32.1. The van der Waals surface area contributed by atoms with E-state index in [1.54, 1.807) is 4.68 Å². The van der Waals surface area contributed by atoms with Crippen LogP contribution in [-0.4, -0.2) is 26.4 Å². The Morgan fingerprint density at radius 2 is 2.00 bits per heavy atom. The molecule has 1 fully saturated rings. The van der Waals surface area contributed by atoms with Crippen molar-refractivity contribution >= 4 is 21.6 Å². The lowest BCUT2D eigenvalue weighted by atomic mass is 9.84. The van der Waals surface area contributed by atoms with Crippen molar-refractivity contribution in [2.24, 2.45) is 7.05 Å². The number of nitrogens with zero attached hydrogens (tertiary/aromatic N) is 4. The summed E-state index contributed by atoms with van der Waals surface area (Å²) < 4.78 is 30.8. The zero-order chi connectivity index (χ0) is 16.4. The maximum Gasteiger partial charge on any atom is 0.379 e. The third kappa shape index (κ3) is 3.69. The molecule has 0 spiro atoms. The van der Waals surface area contributed by atoms with Gasteiger partial charge in [-0.1, -0.05) is 6.42 Å². The Bertz CT molecular complexity index is 792. The molecule has 3 aromatic rings. The average molecular weight is 340 g/mol. The number of hydrogen-bond donors (Lipinski definition) is 0. The molecule has 3 aromatic heterocycles. The zero-order valence-electron chi connectivity index (χ0n) is 12.4. The summed E-state index contributed by atoms with van der Waals surface area (Å²) in [6.45, 7) is -3.67. The number of fused-ring (bicyclic) bond motifs is 1. The summed E-state index contributed by atoms with van der Waals surface area (Å²) in [6.07, 6.45) is 9.71. The standard InChI is InChI=1S/C14H14N4S.CHF3/c1-18-8-11(7-16-18)13-15-6-10-5-12(9-3-2-4-9)19-14(10)17-13;2-1(3)4/h5-9H,2-4H2,1H3;1H. The van der Waals surface area contributed by atoms with Crippen molar-refractivity contribution in [3.8, 4) is 11.4 Å². The highest BCUT2D eigenvalue weighted by molar-refractivity contribution is 7.18. The number of rotatable bonds is 2. The van der Waals surface area contributed by atoms with Gasteiger partial charge in [0.25, 0.3) is 0 Å². The smallest absolute Gasteiger partial charge is 0.275 e. The second kappa shape index (κ2) is 6.66. The van der Waals surface area contributed by atoms with Gasteiger partial charge in [0.05, 0.1) is 11.8 Å². The van der Waals surface area contributed by atoms with Crippen LogP contribution in [0.25, 0.3) is 21.6 Å². The Morgan fingerprint density at radius 1 is 1.26 bits per heavy atom. The molecule has 0 bridgehead atoms.